The molecule has 3 aromatic rings. The summed E-state index contributed by atoms with van der Waals surface area (Å²) < 4.78 is 5.50. The highest BCUT2D eigenvalue weighted by atomic mass is 16.4. The maximum absolute atomic E-state index is 10.5. The molecule has 1 unspecified atom stereocenters. The Kier molecular flexibility index (Phi) is 3.39. The molecule has 108 valence electrons. The lowest BCUT2D eigenvalue weighted by Crippen LogP contribution is -2.30. The molecule has 2 N–H and O–H groups in total. The van der Waals surface area contributed by atoms with Gasteiger partial charge in [-0.1, -0.05) is 18.2 Å². The molecule has 1 aromatic carbocycles. The van der Waals surface area contributed by atoms with E-state index < -0.39 is 5.60 Å². The molecule has 2 aromatic heterocycles. The first-order valence-corrected chi connectivity index (χ1v) is 6.93. The zero-order chi connectivity index (χ0) is 14.9. The van der Waals surface area contributed by atoms with Crippen LogP contribution in [0.4, 0.5) is 5.82 Å². The Morgan fingerprint density at radius 3 is 2.71 bits per heavy atom. The Morgan fingerprint density at radius 2 is 1.95 bits per heavy atom. The summed E-state index contributed by atoms with van der Waals surface area (Å²) in [5.74, 6) is 2.07. The number of aryl methyl sites for hydroxylation is 1. The third-order valence-corrected chi connectivity index (χ3v) is 3.48. The monoisotopic (exact) mass is 282 g/mol. The first-order chi connectivity index (χ1) is 10.0. The summed E-state index contributed by atoms with van der Waals surface area (Å²) in [6.07, 6.45) is 0. The number of aromatic nitrogens is 1. The zero-order valence-corrected chi connectivity index (χ0v) is 12.1. The first-order valence-electron chi connectivity index (χ1n) is 6.93. The van der Waals surface area contributed by atoms with Gasteiger partial charge in [-0.15, -0.1) is 0 Å². The van der Waals surface area contributed by atoms with Crippen LogP contribution in [0.5, 0.6) is 0 Å². The number of rotatable bonds is 4. The molecule has 0 radical (unpaired) electrons. The third kappa shape index (κ3) is 2.90. The fourth-order valence-electron chi connectivity index (χ4n) is 2.24. The van der Waals surface area contributed by atoms with E-state index in [0.29, 0.717) is 12.3 Å². The molecular weight excluding hydrogens is 264 g/mol. The van der Waals surface area contributed by atoms with Crippen molar-refractivity contribution < 1.29 is 9.52 Å². The van der Waals surface area contributed by atoms with Crippen LogP contribution in [0.3, 0.4) is 0 Å². The maximum Gasteiger partial charge on any atom is 0.137 e. The summed E-state index contributed by atoms with van der Waals surface area (Å²) in [4.78, 5) is 4.52. The SMILES string of the molecule is Cc1ccc(C(C)(O)CNc2ccc3ccccc3n2)o1. The molecule has 0 spiro atoms. The lowest BCUT2D eigenvalue weighted by Gasteiger charge is -2.21. The van der Waals surface area contributed by atoms with Gasteiger partial charge in [0.15, 0.2) is 0 Å². The normalized spacial score (nSPS) is 14.0. The molecule has 0 fully saturated rings. The van der Waals surface area contributed by atoms with Gasteiger partial charge in [0.05, 0.1) is 12.1 Å². The van der Waals surface area contributed by atoms with Crippen molar-refractivity contribution in [3.63, 3.8) is 0 Å². The number of benzene rings is 1. The van der Waals surface area contributed by atoms with Crippen LogP contribution < -0.4 is 5.32 Å². The van der Waals surface area contributed by atoms with E-state index in [1.54, 1.807) is 13.0 Å². The fraction of sp³-hybridized carbons (Fsp3) is 0.235. The van der Waals surface area contributed by atoms with Crippen molar-refractivity contribution in [2.45, 2.75) is 19.4 Å². The smallest absolute Gasteiger partial charge is 0.137 e. The van der Waals surface area contributed by atoms with Crippen LogP contribution in [0.15, 0.2) is 52.9 Å². The summed E-state index contributed by atoms with van der Waals surface area (Å²) in [5, 5.41) is 14.7. The Bertz CT molecular complexity index is 762. The standard InChI is InChI=1S/C17H18N2O2/c1-12-7-9-15(21-12)17(2,20)11-18-16-10-8-13-5-3-4-6-14(13)19-16/h3-10,20H,11H2,1-2H3,(H,18,19). The van der Waals surface area contributed by atoms with E-state index in [2.05, 4.69) is 10.3 Å². The minimum atomic E-state index is -1.08. The predicted octanol–water partition coefficient (Wildman–Crippen LogP) is 3.46. The van der Waals surface area contributed by atoms with E-state index in [9.17, 15) is 5.11 Å². The average Bonchev–Trinajstić information content (AvgIpc) is 2.92. The van der Waals surface area contributed by atoms with Gasteiger partial charge in [-0.05, 0) is 44.2 Å². The fourth-order valence-corrected chi connectivity index (χ4v) is 2.24. The van der Waals surface area contributed by atoms with Crippen LogP contribution >= 0.6 is 0 Å². The van der Waals surface area contributed by atoms with Crippen molar-refractivity contribution in [2.75, 3.05) is 11.9 Å². The van der Waals surface area contributed by atoms with Gasteiger partial charge in [-0.3, -0.25) is 0 Å². The van der Waals surface area contributed by atoms with Crippen molar-refractivity contribution in [3.05, 3.63) is 60.1 Å². The van der Waals surface area contributed by atoms with Crippen LogP contribution in [0.25, 0.3) is 10.9 Å². The van der Waals surface area contributed by atoms with Gasteiger partial charge in [-0.25, -0.2) is 4.98 Å². The van der Waals surface area contributed by atoms with Gasteiger partial charge in [-0.2, -0.15) is 0 Å². The Morgan fingerprint density at radius 1 is 1.14 bits per heavy atom. The quantitative estimate of drug-likeness (QED) is 0.769. The number of hydrogen-bond acceptors (Lipinski definition) is 4. The van der Waals surface area contributed by atoms with Crippen molar-refractivity contribution in [1.29, 1.82) is 0 Å². The zero-order valence-electron chi connectivity index (χ0n) is 12.1. The van der Waals surface area contributed by atoms with Gasteiger partial charge in [0, 0.05) is 5.39 Å². The molecule has 0 amide bonds. The molecule has 1 atom stereocenters. The number of anilines is 1. The Hall–Kier alpha value is -2.33. The van der Waals surface area contributed by atoms with Gasteiger partial charge >= 0.3 is 0 Å². The summed E-state index contributed by atoms with van der Waals surface area (Å²) in [7, 11) is 0. The number of furan rings is 1. The second kappa shape index (κ2) is 5.22. The molecule has 0 bridgehead atoms. The summed E-state index contributed by atoms with van der Waals surface area (Å²) >= 11 is 0. The molecular formula is C17H18N2O2. The van der Waals surface area contributed by atoms with Crippen LogP contribution in [0, 0.1) is 6.92 Å². The third-order valence-electron chi connectivity index (χ3n) is 3.48. The minimum Gasteiger partial charge on any atom is -0.463 e. The second-order valence-corrected chi connectivity index (χ2v) is 5.43. The summed E-state index contributed by atoms with van der Waals surface area (Å²) in [6.45, 7) is 3.91. The molecule has 21 heavy (non-hydrogen) atoms. The number of para-hydroxylation sites is 1. The molecule has 0 aliphatic carbocycles. The highest BCUT2D eigenvalue weighted by molar-refractivity contribution is 5.80. The largest absolute Gasteiger partial charge is 0.463 e. The molecule has 0 aliphatic heterocycles. The molecule has 0 aliphatic rings. The van der Waals surface area contributed by atoms with Crippen molar-refractivity contribution in [3.8, 4) is 0 Å². The van der Waals surface area contributed by atoms with E-state index >= 15 is 0 Å². The number of aliphatic hydroxyl groups is 1. The van der Waals surface area contributed by atoms with Gasteiger partial charge in [0.2, 0.25) is 0 Å². The van der Waals surface area contributed by atoms with E-state index in [4.69, 9.17) is 4.42 Å². The van der Waals surface area contributed by atoms with Gasteiger partial charge < -0.3 is 14.8 Å². The molecule has 4 heteroatoms. The van der Waals surface area contributed by atoms with Gasteiger partial charge in [0.1, 0.15) is 22.9 Å². The number of fused-ring (bicyclic) bond motifs is 1. The van der Waals surface area contributed by atoms with Crippen molar-refractivity contribution in [2.24, 2.45) is 0 Å². The lowest BCUT2D eigenvalue weighted by atomic mass is 10.0. The molecule has 4 nitrogen and oxygen atoms in total. The average molecular weight is 282 g/mol. The number of nitrogens with zero attached hydrogens (tertiary/aromatic N) is 1. The highest BCUT2D eigenvalue weighted by Gasteiger charge is 2.26. The Labute approximate surface area is 123 Å². The molecule has 2 heterocycles. The van der Waals surface area contributed by atoms with E-state index in [1.165, 1.54) is 0 Å². The van der Waals surface area contributed by atoms with Crippen LogP contribution in [-0.2, 0) is 5.60 Å². The molecule has 0 saturated heterocycles. The lowest BCUT2D eigenvalue weighted by molar-refractivity contribution is 0.0467. The van der Waals surface area contributed by atoms with Gasteiger partial charge in [0.25, 0.3) is 0 Å². The van der Waals surface area contributed by atoms with Crippen LogP contribution in [0.2, 0.25) is 0 Å². The first kappa shape index (κ1) is 13.6. The number of pyridine rings is 1. The summed E-state index contributed by atoms with van der Waals surface area (Å²) in [5.41, 5.74) is -0.155. The minimum absolute atomic E-state index is 0.325. The van der Waals surface area contributed by atoms with Crippen LogP contribution in [0.1, 0.15) is 18.4 Å². The van der Waals surface area contributed by atoms with Crippen molar-refractivity contribution >= 4 is 16.7 Å². The molecule has 0 saturated carbocycles. The van der Waals surface area contributed by atoms with E-state index in [0.717, 1.165) is 22.5 Å². The summed E-state index contributed by atoms with van der Waals surface area (Å²) in [6, 6.07) is 15.5. The van der Waals surface area contributed by atoms with E-state index in [-0.39, 0.29) is 0 Å². The number of nitrogens with one attached hydrogen (secondary N) is 1. The van der Waals surface area contributed by atoms with E-state index in [1.807, 2.05) is 49.4 Å². The highest BCUT2D eigenvalue weighted by Crippen LogP contribution is 2.23. The van der Waals surface area contributed by atoms with Crippen LogP contribution in [-0.4, -0.2) is 16.6 Å². The number of hydrogen-bond donors (Lipinski definition) is 2. The Balaban J connectivity index is 1.76. The molecule has 3 rings (SSSR count). The topological polar surface area (TPSA) is 58.3 Å². The maximum atomic E-state index is 10.5. The van der Waals surface area contributed by atoms with Crippen molar-refractivity contribution in [1.82, 2.24) is 4.98 Å². The second-order valence-electron chi connectivity index (χ2n) is 5.43. The predicted molar refractivity (Wildman–Crippen MR) is 83.2 cm³/mol.